The summed E-state index contributed by atoms with van der Waals surface area (Å²) in [4.78, 5) is 14.7. The van der Waals surface area contributed by atoms with Gasteiger partial charge in [-0.1, -0.05) is 28.8 Å². The SMILES string of the molecule is Cc1cc(NC(=O)NC[C@@H]2CCN(C3CCCC3)C2)ccc1Br. The van der Waals surface area contributed by atoms with Crippen molar-refractivity contribution in [3.05, 3.63) is 28.2 Å². The van der Waals surface area contributed by atoms with E-state index in [9.17, 15) is 4.79 Å². The summed E-state index contributed by atoms with van der Waals surface area (Å²) in [5.74, 6) is 0.591. The summed E-state index contributed by atoms with van der Waals surface area (Å²) < 4.78 is 1.06. The number of likely N-dealkylation sites (tertiary alicyclic amines) is 1. The number of urea groups is 1. The summed E-state index contributed by atoms with van der Waals surface area (Å²) in [6.45, 7) is 5.13. The van der Waals surface area contributed by atoms with Crippen LogP contribution < -0.4 is 10.6 Å². The first kappa shape index (κ1) is 16.8. The highest BCUT2D eigenvalue weighted by Gasteiger charge is 2.29. The molecule has 1 saturated heterocycles. The van der Waals surface area contributed by atoms with Crippen LogP contribution in [0.25, 0.3) is 0 Å². The minimum absolute atomic E-state index is 0.106. The maximum Gasteiger partial charge on any atom is 0.319 e. The molecular formula is C18H26BrN3O. The van der Waals surface area contributed by atoms with Crippen molar-refractivity contribution in [1.82, 2.24) is 10.2 Å². The van der Waals surface area contributed by atoms with E-state index in [1.54, 1.807) is 0 Å². The summed E-state index contributed by atoms with van der Waals surface area (Å²) in [5.41, 5.74) is 1.95. The van der Waals surface area contributed by atoms with Crippen molar-refractivity contribution in [3.8, 4) is 0 Å². The molecule has 2 aliphatic rings. The van der Waals surface area contributed by atoms with Gasteiger partial charge >= 0.3 is 6.03 Å². The van der Waals surface area contributed by atoms with Crippen molar-refractivity contribution in [2.45, 2.75) is 45.1 Å². The zero-order valence-corrected chi connectivity index (χ0v) is 15.4. The number of hydrogen-bond donors (Lipinski definition) is 2. The van der Waals surface area contributed by atoms with Gasteiger partial charge in [0.2, 0.25) is 0 Å². The zero-order valence-electron chi connectivity index (χ0n) is 13.8. The molecular weight excluding hydrogens is 354 g/mol. The van der Waals surface area contributed by atoms with Crippen LogP contribution in [0.3, 0.4) is 0 Å². The standard InChI is InChI=1S/C18H26BrN3O/c1-13-10-15(6-7-17(13)19)21-18(23)20-11-14-8-9-22(12-14)16-4-2-3-5-16/h6-7,10,14,16H,2-5,8-9,11-12H2,1H3,(H2,20,21,23)/t14-/m0/s1. The quantitative estimate of drug-likeness (QED) is 0.825. The minimum Gasteiger partial charge on any atom is -0.338 e. The van der Waals surface area contributed by atoms with E-state index in [0.717, 1.165) is 34.9 Å². The predicted octanol–water partition coefficient (Wildman–Crippen LogP) is 4.14. The zero-order chi connectivity index (χ0) is 16.2. The normalized spacial score (nSPS) is 22.4. The average Bonchev–Trinajstić information content (AvgIpc) is 3.19. The van der Waals surface area contributed by atoms with Crippen LogP contribution in [-0.4, -0.2) is 36.6 Å². The molecule has 2 N–H and O–H groups in total. The van der Waals surface area contributed by atoms with E-state index in [0.29, 0.717) is 5.92 Å². The lowest BCUT2D eigenvalue weighted by Crippen LogP contribution is -2.35. The lowest BCUT2D eigenvalue weighted by atomic mass is 10.1. The van der Waals surface area contributed by atoms with Crippen LogP contribution in [0.1, 0.15) is 37.7 Å². The second-order valence-electron chi connectivity index (χ2n) is 6.89. The van der Waals surface area contributed by atoms with Gasteiger partial charge < -0.3 is 15.5 Å². The first-order chi connectivity index (χ1) is 11.1. The van der Waals surface area contributed by atoms with Crippen molar-refractivity contribution in [2.75, 3.05) is 25.0 Å². The van der Waals surface area contributed by atoms with Crippen LogP contribution in [0.5, 0.6) is 0 Å². The Morgan fingerprint density at radius 3 is 2.83 bits per heavy atom. The number of nitrogens with one attached hydrogen (secondary N) is 2. The number of carbonyl (C=O) groups excluding carboxylic acids is 1. The summed E-state index contributed by atoms with van der Waals surface area (Å²) in [5, 5.41) is 5.95. The largest absolute Gasteiger partial charge is 0.338 e. The van der Waals surface area contributed by atoms with Crippen molar-refractivity contribution in [1.29, 1.82) is 0 Å². The average molecular weight is 380 g/mol. The molecule has 23 heavy (non-hydrogen) atoms. The lowest BCUT2D eigenvalue weighted by Gasteiger charge is -2.23. The predicted molar refractivity (Wildman–Crippen MR) is 97.8 cm³/mol. The lowest BCUT2D eigenvalue weighted by molar-refractivity contribution is 0.234. The van der Waals surface area contributed by atoms with Gasteiger partial charge in [-0.15, -0.1) is 0 Å². The number of carbonyl (C=O) groups is 1. The maximum absolute atomic E-state index is 12.1. The smallest absolute Gasteiger partial charge is 0.319 e. The Labute approximate surface area is 147 Å². The van der Waals surface area contributed by atoms with E-state index in [-0.39, 0.29) is 6.03 Å². The number of nitrogens with zero attached hydrogens (tertiary/aromatic N) is 1. The van der Waals surface area contributed by atoms with Gasteiger partial charge in [0, 0.05) is 29.3 Å². The van der Waals surface area contributed by atoms with Gasteiger partial charge in [-0.2, -0.15) is 0 Å². The summed E-state index contributed by atoms with van der Waals surface area (Å²) in [6, 6.07) is 6.54. The van der Waals surface area contributed by atoms with Gasteiger partial charge in [0.05, 0.1) is 0 Å². The fourth-order valence-electron chi connectivity index (χ4n) is 3.77. The molecule has 2 fully saturated rings. The minimum atomic E-state index is -0.106. The molecule has 1 aliphatic carbocycles. The summed E-state index contributed by atoms with van der Waals surface area (Å²) >= 11 is 3.47. The van der Waals surface area contributed by atoms with Gasteiger partial charge in [0.15, 0.2) is 0 Å². The van der Waals surface area contributed by atoms with Crippen molar-refractivity contribution in [3.63, 3.8) is 0 Å². The second-order valence-corrected chi connectivity index (χ2v) is 7.74. The van der Waals surface area contributed by atoms with Crippen molar-refractivity contribution in [2.24, 2.45) is 5.92 Å². The van der Waals surface area contributed by atoms with Crippen LogP contribution in [0, 0.1) is 12.8 Å². The fraction of sp³-hybridized carbons (Fsp3) is 0.611. The number of benzene rings is 1. The molecule has 0 aromatic heterocycles. The first-order valence-electron chi connectivity index (χ1n) is 8.67. The Hall–Kier alpha value is -1.07. The van der Waals surface area contributed by atoms with Gasteiger partial charge in [0.1, 0.15) is 0 Å². The molecule has 1 aromatic carbocycles. The van der Waals surface area contributed by atoms with E-state index in [1.807, 2.05) is 25.1 Å². The Bertz CT molecular complexity index is 557. The second kappa shape index (κ2) is 7.67. The third-order valence-electron chi connectivity index (χ3n) is 5.13. The molecule has 1 aromatic rings. The third kappa shape index (κ3) is 4.48. The van der Waals surface area contributed by atoms with Gasteiger partial charge in [-0.05, 0) is 62.4 Å². The number of anilines is 1. The molecule has 2 amide bonds. The monoisotopic (exact) mass is 379 g/mol. The molecule has 0 bridgehead atoms. The molecule has 1 saturated carbocycles. The maximum atomic E-state index is 12.1. The Kier molecular flexibility index (Phi) is 5.59. The first-order valence-corrected chi connectivity index (χ1v) is 9.46. The van der Waals surface area contributed by atoms with E-state index in [2.05, 4.69) is 31.5 Å². The van der Waals surface area contributed by atoms with Gasteiger partial charge in [-0.3, -0.25) is 0 Å². The summed E-state index contributed by atoms with van der Waals surface area (Å²) in [6.07, 6.45) is 6.71. The topological polar surface area (TPSA) is 44.4 Å². The number of amides is 2. The molecule has 1 heterocycles. The molecule has 126 valence electrons. The number of halogens is 1. The van der Waals surface area contributed by atoms with Crippen LogP contribution in [-0.2, 0) is 0 Å². The number of hydrogen-bond acceptors (Lipinski definition) is 2. The van der Waals surface area contributed by atoms with Crippen LogP contribution >= 0.6 is 15.9 Å². The van der Waals surface area contributed by atoms with E-state index >= 15 is 0 Å². The van der Waals surface area contributed by atoms with E-state index in [4.69, 9.17) is 0 Å². The Balaban J connectivity index is 1.41. The van der Waals surface area contributed by atoms with Crippen molar-refractivity contribution >= 4 is 27.6 Å². The molecule has 0 unspecified atom stereocenters. The van der Waals surface area contributed by atoms with Gasteiger partial charge in [0.25, 0.3) is 0 Å². The summed E-state index contributed by atoms with van der Waals surface area (Å²) in [7, 11) is 0. The molecule has 0 spiro atoms. The Morgan fingerprint density at radius 2 is 2.09 bits per heavy atom. The van der Waals surface area contributed by atoms with Gasteiger partial charge in [-0.25, -0.2) is 4.79 Å². The van der Waals surface area contributed by atoms with E-state index < -0.39 is 0 Å². The van der Waals surface area contributed by atoms with Crippen LogP contribution in [0.4, 0.5) is 10.5 Å². The molecule has 0 radical (unpaired) electrons. The fourth-order valence-corrected chi connectivity index (χ4v) is 4.01. The number of rotatable bonds is 4. The van der Waals surface area contributed by atoms with Crippen LogP contribution in [0.2, 0.25) is 0 Å². The molecule has 4 nitrogen and oxygen atoms in total. The Morgan fingerprint density at radius 1 is 1.30 bits per heavy atom. The van der Waals surface area contributed by atoms with Crippen LogP contribution in [0.15, 0.2) is 22.7 Å². The third-order valence-corrected chi connectivity index (χ3v) is 6.02. The molecule has 1 aliphatic heterocycles. The highest BCUT2D eigenvalue weighted by Crippen LogP contribution is 2.28. The highest BCUT2D eigenvalue weighted by molar-refractivity contribution is 9.10. The molecule has 3 rings (SSSR count). The molecule has 5 heteroatoms. The van der Waals surface area contributed by atoms with E-state index in [1.165, 1.54) is 38.6 Å². The van der Waals surface area contributed by atoms with Crippen molar-refractivity contribution < 1.29 is 4.79 Å². The highest BCUT2D eigenvalue weighted by atomic mass is 79.9. The number of aryl methyl sites for hydroxylation is 1. The molecule has 1 atom stereocenters.